The molecule has 0 aromatic heterocycles. The summed E-state index contributed by atoms with van der Waals surface area (Å²) in [6, 6.07) is 0. The Balaban J connectivity index is 1.70. The third-order valence-corrected chi connectivity index (χ3v) is 6.76. The van der Waals surface area contributed by atoms with Crippen LogP contribution in [0.15, 0.2) is 0 Å². The normalized spacial score (nSPS) is 47.5. The van der Waals surface area contributed by atoms with Gasteiger partial charge in [0.05, 0.1) is 0 Å². The maximum absolute atomic E-state index is 11.9. The Hall–Kier alpha value is 0.880. The van der Waals surface area contributed by atoms with Crippen LogP contribution in [0.4, 0.5) is 0 Å². The van der Waals surface area contributed by atoms with E-state index in [9.17, 15) is 13.7 Å². The summed E-state index contributed by atoms with van der Waals surface area (Å²) in [6.45, 7) is 1.53. The molecule has 0 radical (unpaired) electrons. The predicted octanol–water partition coefficient (Wildman–Crippen LogP) is 2.74. The largest absolute Gasteiger partial charge is 0.335 e. The first-order valence-corrected chi connectivity index (χ1v) is 12.4. The van der Waals surface area contributed by atoms with Crippen molar-refractivity contribution in [1.82, 2.24) is 0 Å². The van der Waals surface area contributed by atoms with Crippen LogP contribution in [0.5, 0.6) is 0 Å². The van der Waals surface area contributed by atoms with E-state index < -0.39 is 43.7 Å². The maximum atomic E-state index is 11.9. The van der Waals surface area contributed by atoms with Crippen molar-refractivity contribution in [2.45, 2.75) is 13.0 Å². The fourth-order valence-electron chi connectivity index (χ4n) is 1.05. The van der Waals surface area contributed by atoms with Crippen molar-refractivity contribution in [2.24, 2.45) is 0 Å². The minimum Gasteiger partial charge on any atom is -0.299 e. The van der Waals surface area contributed by atoms with Crippen LogP contribution in [-0.4, -0.2) is 32.9 Å². The lowest BCUT2D eigenvalue weighted by Gasteiger charge is -2.35. The van der Waals surface area contributed by atoms with Crippen LogP contribution in [0.2, 0.25) is 0 Å². The number of hydrogen-bond donors (Lipinski definition) is 0. The van der Waals surface area contributed by atoms with E-state index in [1.807, 2.05) is 0 Å². The topological polar surface area (TPSA) is 107 Å². The molecule has 0 aromatic carbocycles. The number of rotatable bonds is 5. The first-order chi connectivity index (χ1) is 8.07. The third-order valence-electron chi connectivity index (χ3n) is 1.71. The van der Waals surface area contributed by atoms with Gasteiger partial charge in [-0.1, -0.05) is 0 Å². The van der Waals surface area contributed by atoms with Crippen LogP contribution in [0.1, 0.15) is 0 Å². The quantitative estimate of drug-likeness (QED) is 0.698. The van der Waals surface area contributed by atoms with Gasteiger partial charge < -0.3 is 0 Å². The molecular formula is C5H12O9P4. The Morgan fingerprint density at radius 3 is 1.94 bits per heavy atom. The Bertz CT molecular complexity index is 456. The predicted molar refractivity (Wildman–Crippen MR) is 63.0 cm³/mol. The van der Waals surface area contributed by atoms with Gasteiger partial charge in [-0.25, -0.2) is 0 Å². The van der Waals surface area contributed by atoms with Crippen molar-refractivity contribution in [3.8, 4) is 0 Å². The molecule has 2 heterocycles. The molecule has 13 heteroatoms. The summed E-state index contributed by atoms with van der Waals surface area (Å²) in [7, 11) is -9.77. The average molecular weight is 340 g/mol. The molecule has 9 nitrogen and oxygen atoms in total. The van der Waals surface area contributed by atoms with Gasteiger partial charge in [0.15, 0.2) is 0 Å². The smallest absolute Gasteiger partial charge is 0.299 e. The molecule has 2 rings (SSSR count). The van der Waals surface area contributed by atoms with Gasteiger partial charge in [0, 0.05) is 20.0 Å². The highest BCUT2D eigenvalue weighted by atomic mass is 32.1. The lowest BCUT2D eigenvalue weighted by Crippen LogP contribution is -2.27. The first-order valence-electron chi connectivity index (χ1n) is 4.64. The molecule has 2 aliphatic rings. The Morgan fingerprint density at radius 1 is 1.06 bits per heavy atom. The van der Waals surface area contributed by atoms with Gasteiger partial charge in [-0.3, -0.25) is 40.8 Å². The standard InChI is InChI=1S/C5H12O9P4/c1-16(6)10-4(11-16)9-15-18(3,8)14-5-12-17(2,7)13-5/h4-5,15H,1-3H3. The van der Waals surface area contributed by atoms with Gasteiger partial charge in [0.1, 0.15) is 8.50 Å². The Kier molecular flexibility index (Phi) is 4.25. The lowest BCUT2D eigenvalue weighted by molar-refractivity contribution is -0.211. The van der Waals surface area contributed by atoms with Crippen molar-refractivity contribution in [3.63, 3.8) is 0 Å². The van der Waals surface area contributed by atoms with Crippen molar-refractivity contribution in [1.29, 1.82) is 0 Å². The van der Waals surface area contributed by atoms with E-state index in [-0.39, 0.29) is 0 Å². The second-order valence-electron chi connectivity index (χ2n) is 3.70. The van der Waals surface area contributed by atoms with Crippen molar-refractivity contribution in [3.05, 3.63) is 0 Å². The molecule has 106 valence electrons. The van der Waals surface area contributed by atoms with Crippen LogP contribution in [0.25, 0.3) is 0 Å². The summed E-state index contributed by atoms with van der Waals surface area (Å²) < 4.78 is 62.7. The summed E-state index contributed by atoms with van der Waals surface area (Å²) in [5.74, 6) is 0. The molecule has 0 spiro atoms. The van der Waals surface area contributed by atoms with Crippen LogP contribution in [0.3, 0.4) is 0 Å². The summed E-state index contributed by atoms with van der Waals surface area (Å²) in [5.41, 5.74) is 0. The molecule has 2 fully saturated rings. The second-order valence-corrected chi connectivity index (χ2v) is 12.9. The molecule has 2 unspecified atom stereocenters. The molecule has 2 atom stereocenters. The molecule has 18 heavy (non-hydrogen) atoms. The summed E-state index contributed by atoms with van der Waals surface area (Å²) in [4.78, 5) is 0. The van der Waals surface area contributed by atoms with Crippen LogP contribution < -0.4 is 0 Å². The van der Waals surface area contributed by atoms with Crippen molar-refractivity contribution >= 4 is 30.7 Å². The summed E-state index contributed by atoms with van der Waals surface area (Å²) in [6.07, 6.45) is 0. The van der Waals surface area contributed by atoms with Crippen LogP contribution >= 0.6 is 30.7 Å². The van der Waals surface area contributed by atoms with Gasteiger partial charge in [-0.05, 0) is 0 Å². The van der Waals surface area contributed by atoms with E-state index in [2.05, 4.69) is 0 Å². The minimum atomic E-state index is -3.16. The molecule has 2 aliphatic heterocycles. The molecule has 0 saturated carbocycles. The van der Waals surface area contributed by atoms with E-state index in [1.165, 1.54) is 20.0 Å². The zero-order chi connectivity index (χ0) is 13.6. The van der Waals surface area contributed by atoms with Gasteiger partial charge >= 0.3 is 15.2 Å². The van der Waals surface area contributed by atoms with Gasteiger partial charge in [0.2, 0.25) is 7.06 Å². The van der Waals surface area contributed by atoms with Crippen molar-refractivity contribution in [2.75, 3.05) is 20.0 Å². The van der Waals surface area contributed by atoms with Gasteiger partial charge in [-0.2, -0.15) is 0 Å². The molecule has 0 N–H and O–H groups in total. The molecule has 0 bridgehead atoms. The SMILES string of the molecule is CP1(=O)OC(OPP(C)(=O)OC2OP(C)(=O)O2)O1. The zero-order valence-electron chi connectivity index (χ0n) is 9.67. The highest BCUT2D eigenvalue weighted by Crippen LogP contribution is 2.69. The van der Waals surface area contributed by atoms with E-state index in [1.54, 1.807) is 0 Å². The third kappa shape index (κ3) is 4.19. The van der Waals surface area contributed by atoms with E-state index in [4.69, 9.17) is 27.1 Å². The first kappa shape index (κ1) is 15.3. The number of hydrogen-bond acceptors (Lipinski definition) is 9. The Morgan fingerprint density at radius 2 is 1.50 bits per heavy atom. The van der Waals surface area contributed by atoms with Crippen LogP contribution in [0, 0.1) is 0 Å². The van der Waals surface area contributed by atoms with Gasteiger partial charge in [0.25, 0.3) is 13.0 Å². The monoisotopic (exact) mass is 340 g/mol. The van der Waals surface area contributed by atoms with Gasteiger partial charge in [-0.15, -0.1) is 0 Å². The highest BCUT2D eigenvalue weighted by Gasteiger charge is 2.44. The zero-order valence-corrected chi connectivity index (χ0v) is 13.4. The average Bonchev–Trinajstić information content (AvgIpc) is 2.07. The van der Waals surface area contributed by atoms with Crippen LogP contribution in [-0.2, 0) is 40.8 Å². The fraction of sp³-hybridized carbons (Fsp3) is 1.00. The molecule has 0 aliphatic carbocycles. The molecule has 0 aromatic rings. The van der Waals surface area contributed by atoms with Crippen molar-refractivity contribution < 1.29 is 40.8 Å². The summed E-state index contributed by atoms with van der Waals surface area (Å²) in [5, 5.41) is 0. The summed E-state index contributed by atoms with van der Waals surface area (Å²) >= 11 is 0. The highest BCUT2D eigenvalue weighted by molar-refractivity contribution is 8.20. The maximum Gasteiger partial charge on any atom is 0.335 e. The Labute approximate surface area is 105 Å². The minimum absolute atomic E-state index is 0.602. The second kappa shape index (κ2) is 5.01. The van der Waals surface area contributed by atoms with E-state index in [0.717, 1.165) is 0 Å². The lowest BCUT2D eigenvalue weighted by atomic mass is 11.4. The molecular weight excluding hydrogens is 328 g/mol. The molecule has 2 saturated heterocycles. The van der Waals surface area contributed by atoms with E-state index in [0.29, 0.717) is 0 Å². The fourth-order valence-corrected chi connectivity index (χ4v) is 4.85. The van der Waals surface area contributed by atoms with E-state index >= 15 is 0 Å². The molecule has 0 amide bonds.